The van der Waals surface area contributed by atoms with Crippen LogP contribution in [-0.4, -0.2) is 4.98 Å². The molecule has 15 nitrogen and oxygen atoms in total. The Balaban J connectivity index is 0.651. The van der Waals surface area contributed by atoms with E-state index in [4.69, 9.17) is 66.3 Å². The van der Waals surface area contributed by atoms with E-state index in [1.54, 1.807) is 12.4 Å². The maximum Gasteiger partial charge on any atom is 0.123 e. The summed E-state index contributed by atoms with van der Waals surface area (Å²) in [6, 6.07) is 118. The van der Waals surface area contributed by atoms with Crippen LogP contribution in [0.2, 0.25) is 0 Å². The fourth-order valence-electron chi connectivity index (χ4n) is 13.2. The van der Waals surface area contributed by atoms with Crippen LogP contribution in [0.4, 0.5) is 0 Å². The first kappa shape index (κ1) is 80.9. The minimum Gasteiger partial charge on any atom is -0.489 e. The van der Waals surface area contributed by atoms with Gasteiger partial charge in [-0.15, -0.1) is 0 Å². The van der Waals surface area contributed by atoms with Gasteiger partial charge in [0.05, 0.1) is 26.4 Å². The normalized spacial score (nSPS) is 10.9. The molecule has 0 bridgehead atoms. The minimum atomic E-state index is 0.189. The van der Waals surface area contributed by atoms with Gasteiger partial charge in [0, 0.05) is 48.8 Å². The third-order valence-electron chi connectivity index (χ3n) is 19.2. The van der Waals surface area contributed by atoms with Crippen molar-refractivity contribution in [3.63, 3.8) is 0 Å². The lowest BCUT2D eigenvalue weighted by atomic mass is 10.1. The van der Waals surface area contributed by atoms with E-state index in [0.29, 0.717) is 122 Å². The van der Waals surface area contributed by atoms with Crippen LogP contribution in [0, 0.1) is 0 Å². The molecule has 602 valence electrons. The van der Waals surface area contributed by atoms with Crippen LogP contribution >= 0.6 is 0 Å². The Morgan fingerprint density at radius 2 is 0.258 bits per heavy atom. The SMILES string of the molecule is c1ccc(COc2cc(COc3cc(COCc4cncc(COCc5cc(OCc6cc(OCc7ccccc7)cc(OCc7ccccc7)c6)cc(OCc6cc(OCc7ccccc7)cc(OCc7ccccc7)c6)c5)c4)cc(OCc4cc(OCc5ccccc5)cc(OCc5ccccc5)c4)c3)cc(OCc3ccccc3)c2)cc1. The van der Waals surface area contributed by atoms with Crippen molar-refractivity contribution >= 4 is 0 Å². The zero-order chi connectivity index (χ0) is 81.2. The van der Waals surface area contributed by atoms with Crippen LogP contribution in [0.5, 0.6) is 69.0 Å². The Hall–Kier alpha value is -14.3. The molecule has 0 unspecified atom stereocenters. The van der Waals surface area contributed by atoms with Gasteiger partial charge in [0.15, 0.2) is 0 Å². The molecule has 15 rings (SSSR count). The summed E-state index contributed by atoms with van der Waals surface area (Å²) in [6.45, 7) is 4.72. The third-order valence-corrected chi connectivity index (χ3v) is 19.2. The lowest BCUT2D eigenvalue weighted by molar-refractivity contribution is 0.102. The van der Waals surface area contributed by atoms with E-state index in [9.17, 15) is 0 Å². The van der Waals surface area contributed by atoms with E-state index in [1.165, 1.54) is 0 Å². The van der Waals surface area contributed by atoms with Gasteiger partial charge in [-0.3, -0.25) is 4.98 Å². The largest absolute Gasteiger partial charge is 0.489 e. The van der Waals surface area contributed by atoms with E-state index in [2.05, 4.69) is 4.98 Å². The Kier molecular flexibility index (Phi) is 29.1. The first-order valence-electron chi connectivity index (χ1n) is 40.1. The summed E-state index contributed by atoms with van der Waals surface area (Å²) in [5, 5.41) is 0. The van der Waals surface area contributed by atoms with Crippen LogP contribution in [0.25, 0.3) is 0 Å². The number of aromatic nitrogens is 1. The fraction of sp³-hybridized carbons (Fsp3) is 0.152. The first-order valence-corrected chi connectivity index (χ1v) is 40.1. The molecule has 0 atom stereocenters. The maximum atomic E-state index is 6.72. The molecular formula is C105H93NO14. The fourth-order valence-corrected chi connectivity index (χ4v) is 13.2. The van der Waals surface area contributed by atoms with E-state index < -0.39 is 0 Å². The van der Waals surface area contributed by atoms with Gasteiger partial charge in [-0.2, -0.15) is 0 Å². The molecule has 15 aromatic rings. The summed E-state index contributed by atoms with van der Waals surface area (Å²) < 4.78 is 91.2. The molecule has 0 aliphatic heterocycles. The molecular weight excluding hydrogens is 1500 g/mol. The predicted molar refractivity (Wildman–Crippen MR) is 463 cm³/mol. The van der Waals surface area contributed by atoms with E-state index >= 15 is 0 Å². The number of nitrogens with zero attached hydrogens (tertiary/aromatic N) is 1. The molecule has 0 spiro atoms. The smallest absolute Gasteiger partial charge is 0.123 e. The molecule has 0 saturated carbocycles. The lowest BCUT2D eigenvalue weighted by Gasteiger charge is -2.16. The van der Waals surface area contributed by atoms with Crippen molar-refractivity contribution in [2.75, 3.05) is 0 Å². The molecule has 0 N–H and O–H groups in total. The van der Waals surface area contributed by atoms with Crippen LogP contribution < -0.4 is 56.8 Å². The average Bonchev–Trinajstić information content (AvgIpc) is 0.847. The quantitative estimate of drug-likeness (QED) is 0.0357. The third kappa shape index (κ3) is 26.4. The van der Waals surface area contributed by atoms with Gasteiger partial charge >= 0.3 is 0 Å². The predicted octanol–water partition coefficient (Wildman–Crippen LogP) is 23.5. The van der Waals surface area contributed by atoms with Crippen molar-refractivity contribution in [2.24, 2.45) is 0 Å². The van der Waals surface area contributed by atoms with Gasteiger partial charge in [-0.1, -0.05) is 243 Å². The van der Waals surface area contributed by atoms with Gasteiger partial charge in [-0.25, -0.2) is 0 Å². The highest BCUT2D eigenvalue weighted by Gasteiger charge is 2.16. The number of hydrogen-bond donors (Lipinski definition) is 0. The standard InChI is InChI=1S/C105H93NO14/c1-9-25-78(26-10-1)66-109-98-46-88(47-99(56-98)110-67-79-27-11-2-12-28-79)74-117-94-42-86(43-95(54-94)118-75-89-48-100(111-68-80-29-13-3-14-30-80)57-101(49-89)112-69-81-31-15-4-16-32-81)62-107-64-92-41-93(61-106-60-92)65-108-63-87-44-96(119-76-90-50-102(113-70-82-33-17-5-18-34-82)58-103(51-90)114-71-83-35-19-6-20-36-83)55-97(45-87)120-77-91-52-104(115-72-84-37-21-7-22-38-84)59-105(53-91)116-73-85-39-23-8-24-40-85/h1-61H,62-77H2. The maximum absolute atomic E-state index is 6.72. The Labute approximate surface area is 701 Å². The highest BCUT2D eigenvalue weighted by Crippen LogP contribution is 2.35. The zero-order valence-electron chi connectivity index (χ0n) is 66.7. The molecule has 1 aromatic heterocycles. The summed E-state index contributed by atoms with van der Waals surface area (Å²) in [7, 11) is 0. The number of hydrogen-bond acceptors (Lipinski definition) is 15. The van der Waals surface area contributed by atoms with E-state index in [-0.39, 0.29) is 52.9 Å². The van der Waals surface area contributed by atoms with Crippen molar-refractivity contribution in [3.05, 3.63) is 459 Å². The van der Waals surface area contributed by atoms with Gasteiger partial charge in [0.2, 0.25) is 0 Å². The Bertz CT molecular complexity index is 4730. The van der Waals surface area contributed by atoms with Gasteiger partial charge in [0.25, 0.3) is 0 Å². The zero-order valence-corrected chi connectivity index (χ0v) is 66.7. The summed E-state index contributed by atoms with van der Waals surface area (Å²) >= 11 is 0. The molecule has 0 aliphatic carbocycles. The molecule has 0 radical (unpaired) electrons. The summed E-state index contributed by atoms with van der Waals surface area (Å²) in [6.07, 6.45) is 3.61. The van der Waals surface area contributed by atoms with Crippen molar-refractivity contribution in [2.45, 2.75) is 106 Å². The molecule has 0 saturated heterocycles. The highest BCUT2D eigenvalue weighted by molar-refractivity contribution is 5.46. The van der Waals surface area contributed by atoms with E-state index in [0.717, 1.165) is 89.0 Å². The minimum absolute atomic E-state index is 0.189. The van der Waals surface area contributed by atoms with Crippen LogP contribution in [0.3, 0.4) is 0 Å². The molecule has 120 heavy (non-hydrogen) atoms. The molecule has 0 aliphatic rings. The van der Waals surface area contributed by atoms with Crippen molar-refractivity contribution in [1.29, 1.82) is 0 Å². The van der Waals surface area contributed by atoms with Gasteiger partial charge in [0.1, 0.15) is 148 Å². The molecule has 14 aromatic carbocycles. The Morgan fingerprint density at radius 1 is 0.125 bits per heavy atom. The number of rotatable bonds is 44. The second-order valence-electron chi connectivity index (χ2n) is 28.9. The monoisotopic (exact) mass is 1590 g/mol. The lowest BCUT2D eigenvalue weighted by Crippen LogP contribution is -2.04. The molecule has 0 fully saturated rings. The summed E-state index contributed by atoms with van der Waals surface area (Å²) in [4.78, 5) is 4.66. The first-order chi connectivity index (χ1) is 59.3. The highest BCUT2D eigenvalue weighted by atomic mass is 16.5. The average molecular weight is 1590 g/mol. The number of benzene rings is 14. The summed E-state index contributed by atoms with van der Waals surface area (Å²) in [5.74, 6) is 7.49. The van der Waals surface area contributed by atoms with Crippen LogP contribution in [0.15, 0.2) is 370 Å². The topological polar surface area (TPSA) is 142 Å². The summed E-state index contributed by atoms with van der Waals surface area (Å²) in [5.41, 5.74) is 15.1. The molecule has 15 heteroatoms. The van der Waals surface area contributed by atoms with Gasteiger partial charge in [-0.05, 0) is 168 Å². The van der Waals surface area contributed by atoms with Crippen LogP contribution in [-0.2, 0) is 115 Å². The second kappa shape index (κ2) is 43.1. The Morgan fingerprint density at radius 3 is 0.417 bits per heavy atom. The molecule has 0 amide bonds. The number of ether oxygens (including phenoxy) is 14. The van der Waals surface area contributed by atoms with Gasteiger partial charge < -0.3 is 66.3 Å². The van der Waals surface area contributed by atoms with Crippen molar-refractivity contribution in [1.82, 2.24) is 4.98 Å². The van der Waals surface area contributed by atoms with E-state index in [1.807, 2.05) is 358 Å². The number of pyridine rings is 1. The van der Waals surface area contributed by atoms with Crippen molar-refractivity contribution in [3.8, 4) is 69.0 Å². The van der Waals surface area contributed by atoms with Crippen molar-refractivity contribution < 1.29 is 66.3 Å². The van der Waals surface area contributed by atoms with Crippen LogP contribution in [0.1, 0.15) is 89.0 Å². The molecule has 1 heterocycles. The second-order valence-corrected chi connectivity index (χ2v) is 28.9.